The summed E-state index contributed by atoms with van der Waals surface area (Å²) in [4.78, 5) is 0. The molecule has 1 N–H and O–H groups in total. The molecule has 0 saturated carbocycles. The van der Waals surface area contributed by atoms with Gasteiger partial charge >= 0.3 is 0 Å². The van der Waals surface area contributed by atoms with E-state index in [1.165, 1.54) is 6.07 Å². The average Bonchev–Trinajstić information content (AvgIpc) is 2.65. The molecule has 0 fully saturated rings. The van der Waals surface area contributed by atoms with Gasteiger partial charge in [0, 0.05) is 18.7 Å². The predicted molar refractivity (Wildman–Crippen MR) is 82.6 cm³/mol. The molecule has 0 radical (unpaired) electrons. The summed E-state index contributed by atoms with van der Waals surface area (Å²) in [6.45, 7) is 1.93. The summed E-state index contributed by atoms with van der Waals surface area (Å²) in [6.07, 6.45) is 0.650. The van der Waals surface area contributed by atoms with Crippen LogP contribution < -0.4 is 5.32 Å². The van der Waals surface area contributed by atoms with E-state index in [4.69, 9.17) is 11.6 Å². The molecular weight excluding hydrogens is 345 g/mol. The second-order valence-corrected chi connectivity index (χ2v) is 5.82. The lowest BCUT2D eigenvalue weighted by molar-refractivity contribution is 0.570. The van der Waals surface area contributed by atoms with Gasteiger partial charge in [-0.05, 0) is 48.0 Å². The lowest BCUT2D eigenvalue weighted by Crippen LogP contribution is -2.20. The second-order valence-electron chi connectivity index (χ2n) is 4.67. The van der Waals surface area contributed by atoms with Crippen molar-refractivity contribution in [2.45, 2.75) is 19.4 Å². The van der Waals surface area contributed by atoms with Crippen LogP contribution in [0, 0.1) is 12.7 Å². The van der Waals surface area contributed by atoms with E-state index in [0.29, 0.717) is 16.0 Å². The van der Waals surface area contributed by atoms with Gasteiger partial charge in [-0.15, -0.1) is 0 Å². The first-order valence-corrected chi connectivity index (χ1v) is 7.42. The van der Waals surface area contributed by atoms with Crippen LogP contribution in [0.4, 0.5) is 4.39 Å². The molecule has 0 amide bonds. The molecule has 1 aromatic heterocycles. The summed E-state index contributed by atoms with van der Waals surface area (Å²) >= 11 is 9.57. The van der Waals surface area contributed by atoms with E-state index >= 15 is 0 Å². The highest BCUT2D eigenvalue weighted by Crippen LogP contribution is 2.30. The van der Waals surface area contributed by atoms with E-state index in [0.717, 1.165) is 16.8 Å². The van der Waals surface area contributed by atoms with Crippen molar-refractivity contribution in [3.63, 3.8) is 0 Å². The molecule has 1 aromatic carbocycles. The van der Waals surface area contributed by atoms with Crippen LogP contribution >= 0.6 is 27.5 Å². The van der Waals surface area contributed by atoms with Gasteiger partial charge in [0.2, 0.25) is 0 Å². The molecule has 3 nitrogen and oxygen atoms in total. The van der Waals surface area contributed by atoms with Crippen molar-refractivity contribution in [3.8, 4) is 0 Å². The van der Waals surface area contributed by atoms with Crippen molar-refractivity contribution in [1.82, 2.24) is 15.1 Å². The van der Waals surface area contributed by atoms with Gasteiger partial charge in [-0.2, -0.15) is 5.10 Å². The first-order chi connectivity index (χ1) is 9.45. The lowest BCUT2D eigenvalue weighted by Gasteiger charge is -2.18. The zero-order valence-electron chi connectivity index (χ0n) is 11.5. The third-order valence-electron chi connectivity index (χ3n) is 3.38. The highest BCUT2D eigenvalue weighted by atomic mass is 79.9. The van der Waals surface area contributed by atoms with E-state index in [-0.39, 0.29) is 11.9 Å². The number of benzene rings is 1. The van der Waals surface area contributed by atoms with E-state index in [2.05, 4.69) is 26.3 Å². The Morgan fingerprint density at radius 1 is 1.50 bits per heavy atom. The normalized spacial score (nSPS) is 12.7. The second kappa shape index (κ2) is 6.24. The summed E-state index contributed by atoms with van der Waals surface area (Å²) in [5.41, 5.74) is 2.74. The maximum atomic E-state index is 13.7. The topological polar surface area (TPSA) is 29.9 Å². The number of aryl methyl sites for hydroxylation is 2. The maximum absolute atomic E-state index is 13.7. The van der Waals surface area contributed by atoms with Crippen LogP contribution in [-0.2, 0) is 13.5 Å². The Kier molecular flexibility index (Phi) is 4.83. The third-order valence-corrected chi connectivity index (χ3v) is 4.69. The minimum atomic E-state index is -0.267. The van der Waals surface area contributed by atoms with Crippen molar-refractivity contribution < 1.29 is 4.39 Å². The van der Waals surface area contributed by atoms with Gasteiger partial charge in [-0.3, -0.25) is 4.68 Å². The zero-order valence-corrected chi connectivity index (χ0v) is 13.9. The Bertz CT molecular complexity index is 627. The Hall–Kier alpha value is -0.910. The van der Waals surface area contributed by atoms with Crippen LogP contribution in [-0.4, -0.2) is 16.8 Å². The number of aromatic nitrogens is 2. The van der Waals surface area contributed by atoms with Crippen LogP contribution in [0.3, 0.4) is 0 Å². The van der Waals surface area contributed by atoms with E-state index in [9.17, 15) is 4.39 Å². The Balaban J connectivity index is 2.36. The number of nitrogens with one attached hydrogen (secondary N) is 1. The van der Waals surface area contributed by atoms with Crippen molar-refractivity contribution in [2.75, 3.05) is 7.05 Å². The molecule has 20 heavy (non-hydrogen) atoms. The minimum Gasteiger partial charge on any atom is -0.313 e. The van der Waals surface area contributed by atoms with E-state index < -0.39 is 0 Å². The average molecular weight is 361 g/mol. The van der Waals surface area contributed by atoms with Gasteiger partial charge in [0.05, 0.1) is 10.2 Å². The summed E-state index contributed by atoms with van der Waals surface area (Å²) in [5.74, 6) is -0.267. The van der Waals surface area contributed by atoms with Gasteiger partial charge in [0.1, 0.15) is 11.0 Å². The molecule has 108 valence electrons. The molecule has 0 aliphatic carbocycles. The van der Waals surface area contributed by atoms with Gasteiger partial charge in [0.15, 0.2) is 0 Å². The molecule has 0 saturated heterocycles. The Morgan fingerprint density at radius 2 is 2.20 bits per heavy atom. The molecule has 1 unspecified atom stereocenters. The predicted octanol–water partition coefficient (Wildman–Crippen LogP) is 3.79. The molecule has 6 heteroatoms. The molecule has 1 atom stereocenters. The van der Waals surface area contributed by atoms with Crippen molar-refractivity contribution in [2.24, 2.45) is 7.05 Å². The van der Waals surface area contributed by atoms with Crippen molar-refractivity contribution >= 4 is 27.5 Å². The number of nitrogens with zero attached hydrogens (tertiary/aromatic N) is 2. The summed E-state index contributed by atoms with van der Waals surface area (Å²) < 4.78 is 15.8. The van der Waals surface area contributed by atoms with Gasteiger partial charge < -0.3 is 5.32 Å². The first-order valence-electron chi connectivity index (χ1n) is 6.24. The lowest BCUT2D eigenvalue weighted by atomic mass is 9.99. The smallest absolute Gasteiger partial charge is 0.137 e. The van der Waals surface area contributed by atoms with Crippen LogP contribution in [0.2, 0.25) is 5.15 Å². The number of halogens is 3. The van der Waals surface area contributed by atoms with Gasteiger partial charge in [0.25, 0.3) is 0 Å². The molecule has 0 aliphatic rings. The molecule has 1 heterocycles. The molecular formula is C14H16BrClFN3. The molecule has 0 bridgehead atoms. The van der Waals surface area contributed by atoms with Gasteiger partial charge in [-0.25, -0.2) is 4.39 Å². The van der Waals surface area contributed by atoms with Crippen LogP contribution in [0.5, 0.6) is 0 Å². The SMILES string of the molecule is CNC(Cc1c(C)nn(C)c1Cl)c1cccc(F)c1Br. The Labute approximate surface area is 131 Å². The number of likely N-dealkylation sites (N-methyl/N-ethyl adjacent to an activating group) is 1. The third kappa shape index (κ3) is 2.90. The fourth-order valence-electron chi connectivity index (χ4n) is 2.27. The van der Waals surface area contributed by atoms with Crippen molar-refractivity contribution in [3.05, 3.63) is 50.5 Å². The standard InChI is InChI=1S/C14H16BrClFN3/c1-8-10(14(16)20(3)19-8)7-12(18-2)9-5-4-6-11(17)13(9)15/h4-6,12,18H,7H2,1-3H3. The molecule has 0 spiro atoms. The van der Waals surface area contributed by atoms with E-state index in [1.54, 1.807) is 10.7 Å². The van der Waals surface area contributed by atoms with Crippen LogP contribution in [0.1, 0.15) is 22.9 Å². The van der Waals surface area contributed by atoms with Gasteiger partial charge in [-0.1, -0.05) is 23.7 Å². The monoisotopic (exact) mass is 359 g/mol. The quantitative estimate of drug-likeness (QED) is 0.899. The molecule has 2 rings (SSSR count). The molecule has 0 aliphatic heterocycles. The summed E-state index contributed by atoms with van der Waals surface area (Å²) in [7, 11) is 3.66. The minimum absolute atomic E-state index is 0.0412. The van der Waals surface area contributed by atoms with Crippen LogP contribution in [0.15, 0.2) is 22.7 Å². The number of hydrogen-bond donors (Lipinski definition) is 1. The largest absolute Gasteiger partial charge is 0.313 e. The fraction of sp³-hybridized carbons (Fsp3) is 0.357. The summed E-state index contributed by atoms with van der Waals surface area (Å²) in [6, 6.07) is 4.99. The maximum Gasteiger partial charge on any atom is 0.137 e. The fourth-order valence-corrected chi connectivity index (χ4v) is 3.06. The van der Waals surface area contributed by atoms with Crippen molar-refractivity contribution in [1.29, 1.82) is 0 Å². The molecule has 2 aromatic rings. The Morgan fingerprint density at radius 3 is 2.75 bits per heavy atom. The summed E-state index contributed by atoms with van der Waals surface area (Å²) in [5, 5.41) is 8.13. The highest BCUT2D eigenvalue weighted by Gasteiger charge is 2.20. The first kappa shape index (κ1) is 15.5. The number of hydrogen-bond acceptors (Lipinski definition) is 2. The highest BCUT2D eigenvalue weighted by molar-refractivity contribution is 9.10. The zero-order chi connectivity index (χ0) is 14.9. The van der Waals surface area contributed by atoms with E-state index in [1.807, 2.05) is 27.1 Å². The van der Waals surface area contributed by atoms with Crippen LogP contribution in [0.25, 0.3) is 0 Å². The number of rotatable bonds is 4.